The van der Waals surface area contributed by atoms with E-state index in [-0.39, 0.29) is 5.91 Å². The molecule has 1 saturated heterocycles. The van der Waals surface area contributed by atoms with Crippen LogP contribution in [0.15, 0.2) is 36.8 Å². The van der Waals surface area contributed by atoms with Gasteiger partial charge in [-0.15, -0.1) is 0 Å². The van der Waals surface area contributed by atoms with Crippen molar-refractivity contribution in [3.05, 3.63) is 41.9 Å². The van der Waals surface area contributed by atoms with Gasteiger partial charge in [0.25, 0.3) is 0 Å². The van der Waals surface area contributed by atoms with Crippen LogP contribution in [0.1, 0.15) is 0 Å². The number of amides is 1. The van der Waals surface area contributed by atoms with Crippen molar-refractivity contribution in [3.8, 4) is 0 Å². The van der Waals surface area contributed by atoms with E-state index in [9.17, 15) is 4.79 Å². The molecule has 0 aromatic carbocycles. The van der Waals surface area contributed by atoms with Crippen molar-refractivity contribution in [1.29, 1.82) is 0 Å². The number of carbonyl (C=O) groups excluding carboxylic acids is 1. The summed E-state index contributed by atoms with van der Waals surface area (Å²) < 4.78 is 0. The molecule has 1 amide bonds. The first-order chi connectivity index (χ1) is 11.2. The second-order valence-corrected chi connectivity index (χ2v) is 5.56. The lowest BCUT2D eigenvalue weighted by Crippen LogP contribution is -2.49. The van der Waals surface area contributed by atoms with Crippen LogP contribution in [-0.4, -0.2) is 58.5 Å². The van der Waals surface area contributed by atoms with Crippen molar-refractivity contribution in [2.75, 3.05) is 42.9 Å². The predicted molar refractivity (Wildman–Crippen MR) is 88.6 cm³/mol. The summed E-state index contributed by atoms with van der Waals surface area (Å²) in [7, 11) is 0. The molecule has 7 nitrogen and oxygen atoms in total. The summed E-state index contributed by atoms with van der Waals surface area (Å²) in [4.78, 5) is 28.8. The average molecular weight is 333 g/mol. The first-order valence-electron chi connectivity index (χ1n) is 7.37. The molecule has 8 heteroatoms. The van der Waals surface area contributed by atoms with Crippen molar-refractivity contribution < 1.29 is 4.79 Å². The molecule has 1 aliphatic rings. The highest BCUT2D eigenvalue weighted by Crippen LogP contribution is 2.17. The lowest BCUT2D eigenvalue weighted by atomic mass is 10.3. The number of pyridine rings is 1. The van der Waals surface area contributed by atoms with Crippen LogP contribution in [0.5, 0.6) is 0 Å². The summed E-state index contributed by atoms with van der Waals surface area (Å²) in [6.45, 7) is 3.49. The van der Waals surface area contributed by atoms with Gasteiger partial charge in [0.2, 0.25) is 11.9 Å². The maximum atomic E-state index is 12.1. The number of aromatic nitrogens is 3. The third-order valence-corrected chi connectivity index (χ3v) is 3.91. The van der Waals surface area contributed by atoms with Crippen LogP contribution in [0.4, 0.5) is 11.6 Å². The van der Waals surface area contributed by atoms with E-state index in [4.69, 9.17) is 11.6 Å². The normalized spacial score (nSPS) is 15.4. The van der Waals surface area contributed by atoms with Crippen LogP contribution in [-0.2, 0) is 4.79 Å². The Morgan fingerprint density at radius 2 is 1.78 bits per heavy atom. The summed E-state index contributed by atoms with van der Waals surface area (Å²) in [5, 5.41) is 3.09. The maximum absolute atomic E-state index is 12.1. The van der Waals surface area contributed by atoms with Gasteiger partial charge in [0, 0.05) is 44.8 Å². The molecule has 0 spiro atoms. The van der Waals surface area contributed by atoms with Gasteiger partial charge in [0.15, 0.2) is 5.15 Å². The van der Waals surface area contributed by atoms with Crippen LogP contribution in [0.3, 0.4) is 0 Å². The Morgan fingerprint density at radius 1 is 1.09 bits per heavy atom. The van der Waals surface area contributed by atoms with E-state index >= 15 is 0 Å². The quantitative estimate of drug-likeness (QED) is 0.850. The largest absolute Gasteiger partial charge is 0.338 e. The minimum atomic E-state index is -0.0932. The Labute approximate surface area is 139 Å². The molecule has 120 valence electrons. The lowest BCUT2D eigenvalue weighted by Gasteiger charge is -2.34. The number of anilines is 2. The first kappa shape index (κ1) is 15.6. The van der Waals surface area contributed by atoms with Crippen molar-refractivity contribution >= 4 is 29.1 Å². The van der Waals surface area contributed by atoms with E-state index in [1.165, 1.54) is 0 Å². The standard InChI is InChI=1S/C15H17ClN6O/c16-14-12(3-1-4-17-14)20-13(23)11-21-7-9-22(10-8-21)15-18-5-2-6-19-15/h1-6H,7-11H2,(H,20,23). The van der Waals surface area contributed by atoms with Crippen molar-refractivity contribution in [2.45, 2.75) is 0 Å². The Bertz CT molecular complexity index is 660. The van der Waals surface area contributed by atoms with Gasteiger partial charge < -0.3 is 10.2 Å². The predicted octanol–water partition coefficient (Wildman–Crippen LogP) is 1.29. The molecule has 0 aliphatic carbocycles. The molecule has 0 unspecified atom stereocenters. The molecule has 3 heterocycles. The number of rotatable bonds is 4. The van der Waals surface area contributed by atoms with Gasteiger partial charge in [-0.3, -0.25) is 9.69 Å². The number of halogens is 1. The lowest BCUT2D eigenvalue weighted by molar-refractivity contribution is -0.117. The zero-order chi connectivity index (χ0) is 16.1. The number of hydrogen-bond donors (Lipinski definition) is 1. The highest BCUT2D eigenvalue weighted by molar-refractivity contribution is 6.32. The molecule has 1 fully saturated rings. The van der Waals surface area contributed by atoms with E-state index < -0.39 is 0 Å². The van der Waals surface area contributed by atoms with E-state index in [0.717, 1.165) is 32.1 Å². The summed E-state index contributed by atoms with van der Waals surface area (Å²) in [5.74, 6) is 0.642. The van der Waals surface area contributed by atoms with Crippen LogP contribution in [0, 0.1) is 0 Å². The summed E-state index contributed by atoms with van der Waals surface area (Å²) >= 11 is 5.94. The molecule has 1 N–H and O–H groups in total. The summed E-state index contributed by atoms with van der Waals surface area (Å²) in [6, 6.07) is 5.27. The zero-order valence-electron chi connectivity index (χ0n) is 12.5. The third-order valence-electron chi connectivity index (χ3n) is 3.61. The second kappa shape index (κ2) is 7.34. The fourth-order valence-corrected chi connectivity index (χ4v) is 2.60. The molecule has 0 bridgehead atoms. The molecular weight excluding hydrogens is 316 g/mol. The van der Waals surface area contributed by atoms with Gasteiger partial charge >= 0.3 is 0 Å². The molecule has 2 aromatic heterocycles. The minimum absolute atomic E-state index is 0.0932. The van der Waals surface area contributed by atoms with Gasteiger partial charge in [-0.05, 0) is 18.2 Å². The number of nitrogens with one attached hydrogen (secondary N) is 1. The van der Waals surface area contributed by atoms with Gasteiger partial charge in [-0.2, -0.15) is 0 Å². The Balaban J connectivity index is 1.49. The minimum Gasteiger partial charge on any atom is -0.338 e. The Kier molecular flexibility index (Phi) is 4.99. The second-order valence-electron chi connectivity index (χ2n) is 5.20. The van der Waals surface area contributed by atoms with E-state index in [0.29, 0.717) is 17.4 Å². The molecule has 0 radical (unpaired) electrons. The molecule has 23 heavy (non-hydrogen) atoms. The van der Waals surface area contributed by atoms with Crippen LogP contribution >= 0.6 is 11.6 Å². The number of piperazine rings is 1. The average Bonchev–Trinajstić information content (AvgIpc) is 2.58. The summed E-state index contributed by atoms with van der Waals surface area (Å²) in [5.41, 5.74) is 0.537. The highest BCUT2D eigenvalue weighted by atomic mass is 35.5. The molecule has 2 aromatic rings. The topological polar surface area (TPSA) is 74.2 Å². The van der Waals surface area contributed by atoms with Gasteiger partial charge in [-0.25, -0.2) is 15.0 Å². The van der Waals surface area contributed by atoms with Gasteiger partial charge in [0.05, 0.1) is 12.2 Å². The molecule has 1 aliphatic heterocycles. The van der Waals surface area contributed by atoms with Crippen LogP contribution < -0.4 is 10.2 Å². The highest BCUT2D eigenvalue weighted by Gasteiger charge is 2.20. The van der Waals surface area contributed by atoms with Crippen molar-refractivity contribution in [3.63, 3.8) is 0 Å². The fraction of sp³-hybridized carbons (Fsp3) is 0.333. The van der Waals surface area contributed by atoms with Crippen LogP contribution in [0.2, 0.25) is 5.15 Å². The monoisotopic (exact) mass is 332 g/mol. The number of hydrogen-bond acceptors (Lipinski definition) is 6. The number of nitrogens with zero attached hydrogens (tertiary/aromatic N) is 5. The molecule has 3 rings (SSSR count). The fourth-order valence-electron chi connectivity index (χ4n) is 2.43. The molecular formula is C15H17ClN6O. The van der Waals surface area contributed by atoms with Crippen molar-refractivity contribution in [2.24, 2.45) is 0 Å². The smallest absolute Gasteiger partial charge is 0.238 e. The summed E-state index contributed by atoms with van der Waals surface area (Å²) in [6.07, 6.45) is 5.06. The third kappa shape index (κ3) is 4.14. The van der Waals surface area contributed by atoms with Gasteiger partial charge in [0.1, 0.15) is 0 Å². The van der Waals surface area contributed by atoms with Crippen LogP contribution in [0.25, 0.3) is 0 Å². The zero-order valence-corrected chi connectivity index (χ0v) is 13.3. The maximum Gasteiger partial charge on any atom is 0.238 e. The Morgan fingerprint density at radius 3 is 2.48 bits per heavy atom. The Hall–Kier alpha value is -2.25. The van der Waals surface area contributed by atoms with Crippen molar-refractivity contribution in [1.82, 2.24) is 19.9 Å². The molecule has 0 saturated carbocycles. The van der Waals surface area contributed by atoms with E-state index in [2.05, 4.69) is 30.1 Å². The van der Waals surface area contributed by atoms with Gasteiger partial charge in [-0.1, -0.05) is 11.6 Å². The SMILES string of the molecule is O=C(CN1CCN(c2ncccn2)CC1)Nc1cccnc1Cl. The first-order valence-corrected chi connectivity index (χ1v) is 7.75. The van der Waals surface area contributed by atoms with E-state index in [1.54, 1.807) is 36.8 Å². The van der Waals surface area contributed by atoms with E-state index in [1.807, 2.05) is 0 Å². The molecule has 0 atom stereocenters. The number of carbonyl (C=O) groups is 1.